The van der Waals surface area contributed by atoms with Gasteiger partial charge >= 0.3 is 6.03 Å². The van der Waals surface area contributed by atoms with Crippen LogP contribution in [0.15, 0.2) is 24.3 Å². The summed E-state index contributed by atoms with van der Waals surface area (Å²) in [4.78, 5) is 38.0. The lowest BCUT2D eigenvalue weighted by atomic mass is 9.91. The summed E-state index contributed by atoms with van der Waals surface area (Å²) in [6.45, 7) is 2.49. The first-order valence-electron chi connectivity index (χ1n) is 8.32. The summed E-state index contributed by atoms with van der Waals surface area (Å²) in [6.07, 6.45) is 1.69. The molecule has 1 aliphatic carbocycles. The molecule has 8 heteroatoms. The molecule has 0 bridgehead atoms. The first-order chi connectivity index (χ1) is 12.2. The number of nitrogens with one attached hydrogen (secondary N) is 2. The van der Waals surface area contributed by atoms with Crippen molar-refractivity contribution in [2.45, 2.75) is 37.8 Å². The number of nitriles is 1. The number of halogens is 1. The lowest BCUT2D eigenvalue weighted by Crippen LogP contribution is -2.51. The van der Waals surface area contributed by atoms with Crippen molar-refractivity contribution in [3.05, 3.63) is 35.6 Å². The average molecular weight is 358 g/mol. The quantitative estimate of drug-likeness (QED) is 0.777. The topological polar surface area (TPSA) is 102 Å². The Morgan fingerprint density at radius 2 is 2.12 bits per heavy atom. The van der Waals surface area contributed by atoms with Gasteiger partial charge in [-0.3, -0.25) is 14.5 Å². The number of hydrogen-bond donors (Lipinski definition) is 2. The molecule has 1 aliphatic heterocycles. The van der Waals surface area contributed by atoms with Crippen molar-refractivity contribution in [3.63, 3.8) is 0 Å². The fourth-order valence-corrected chi connectivity index (χ4v) is 3.24. The van der Waals surface area contributed by atoms with Gasteiger partial charge in [0.25, 0.3) is 5.91 Å². The highest BCUT2D eigenvalue weighted by Gasteiger charge is 2.51. The second kappa shape index (κ2) is 6.09. The van der Waals surface area contributed by atoms with Crippen molar-refractivity contribution < 1.29 is 18.8 Å². The summed E-state index contributed by atoms with van der Waals surface area (Å²) in [5, 5.41) is 14.4. The van der Waals surface area contributed by atoms with Crippen LogP contribution in [0.1, 0.15) is 32.3 Å². The van der Waals surface area contributed by atoms with Crippen molar-refractivity contribution in [1.29, 1.82) is 5.26 Å². The third-order valence-electron chi connectivity index (χ3n) is 5.01. The number of imide groups is 1. The lowest BCUT2D eigenvalue weighted by Gasteiger charge is -2.25. The van der Waals surface area contributed by atoms with Gasteiger partial charge in [-0.15, -0.1) is 0 Å². The van der Waals surface area contributed by atoms with Crippen molar-refractivity contribution in [3.8, 4) is 6.07 Å². The number of rotatable bonds is 5. The molecule has 2 aliphatic rings. The van der Waals surface area contributed by atoms with E-state index in [9.17, 15) is 24.0 Å². The van der Waals surface area contributed by atoms with E-state index in [2.05, 4.69) is 16.7 Å². The number of carbonyl (C=O) groups excluding carboxylic acids is 3. The van der Waals surface area contributed by atoms with Gasteiger partial charge in [0.05, 0.1) is 6.07 Å². The molecule has 1 saturated carbocycles. The van der Waals surface area contributed by atoms with Crippen LogP contribution in [0.5, 0.6) is 0 Å². The summed E-state index contributed by atoms with van der Waals surface area (Å²) in [5.41, 5.74) is -2.58. The Bertz CT molecular complexity index is 832. The molecule has 136 valence electrons. The molecule has 1 saturated heterocycles. The van der Waals surface area contributed by atoms with Gasteiger partial charge in [0.2, 0.25) is 5.91 Å². The average Bonchev–Trinajstić information content (AvgIpc) is 3.41. The largest absolute Gasteiger partial charge is 0.336 e. The fraction of sp³-hybridized carbons (Fsp3) is 0.444. The van der Waals surface area contributed by atoms with Crippen LogP contribution in [0.2, 0.25) is 0 Å². The van der Waals surface area contributed by atoms with Gasteiger partial charge in [-0.25, -0.2) is 9.18 Å². The Labute approximate surface area is 150 Å². The first kappa shape index (κ1) is 17.9. The SMILES string of the molecule is CC1(c2ccccc2F)NC(=O)N(CC(=O)NC(C)(C#N)C2CC2)C1=O. The van der Waals surface area contributed by atoms with Gasteiger partial charge in [0.1, 0.15) is 23.4 Å². The van der Waals surface area contributed by atoms with Crippen LogP contribution in [0.25, 0.3) is 0 Å². The normalized spacial score (nSPS) is 24.6. The predicted molar refractivity (Wildman–Crippen MR) is 88.9 cm³/mol. The highest BCUT2D eigenvalue weighted by atomic mass is 19.1. The standard InChI is InChI=1S/C18H19FN4O3/c1-17(10-20,11-7-8-11)21-14(24)9-23-15(25)18(2,22-16(23)26)12-5-3-4-6-13(12)19/h3-6,11H,7-9H2,1-2H3,(H,21,24)(H,22,26). The minimum absolute atomic E-state index is 0.0288. The van der Waals surface area contributed by atoms with Crippen LogP contribution in [0.4, 0.5) is 9.18 Å². The fourth-order valence-electron chi connectivity index (χ4n) is 3.24. The molecule has 1 heterocycles. The maximum absolute atomic E-state index is 14.1. The van der Waals surface area contributed by atoms with Crippen LogP contribution in [-0.4, -0.2) is 34.8 Å². The molecule has 1 aromatic carbocycles. The second-order valence-corrected chi connectivity index (χ2v) is 7.06. The molecular formula is C18H19FN4O3. The molecular weight excluding hydrogens is 339 g/mol. The number of nitrogens with zero attached hydrogens (tertiary/aromatic N) is 2. The predicted octanol–water partition coefficient (Wildman–Crippen LogP) is 1.40. The molecule has 7 nitrogen and oxygen atoms in total. The van der Waals surface area contributed by atoms with Crippen LogP contribution in [-0.2, 0) is 15.1 Å². The maximum atomic E-state index is 14.1. The van der Waals surface area contributed by atoms with E-state index >= 15 is 0 Å². The van der Waals surface area contributed by atoms with Gasteiger partial charge in [-0.05, 0) is 38.7 Å². The third kappa shape index (κ3) is 2.90. The molecule has 0 radical (unpaired) electrons. The van der Waals surface area contributed by atoms with Gasteiger partial charge < -0.3 is 10.6 Å². The minimum atomic E-state index is -1.59. The molecule has 2 fully saturated rings. The van der Waals surface area contributed by atoms with Gasteiger partial charge in [-0.2, -0.15) is 5.26 Å². The Balaban J connectivity index is 1.76. The maximum Gasteiger partial charge on any atom is 0.325 e. The lowest BCUT2D eigenvalue weighted by molar-refractivity contribution is -0.135. The zero-order valence-electron chi connectivity index (χ0n) is 14.5. The van der Waals surface area contributed by atoms with Crippen molar-refractivity contribution in [1.82, 2.24) is 15.5 Å². The van der Waals surface area contributed by atoms with E-state index in [-0.39, 0.29) is 11.5 Å². The Morgan fingerprint density at radius 1 is 1.46 bits per heavy atom. The number of carbonyl (C=O) groups is 3. The summed E-state index contributed by atoms with van der Waals surface area (Å²) in [5.74, 6) is -1.88. The Hall–Kier alpha value is -2.95. The number of amides is 4. The number of hydrogen-bond acceptors (Lipinski definition) is 4. The Kier molecular flexibility index (Phi) is 4.18. The van der Waals surface area contributed by atoms with E-state index in [4.69, 9.17) is 0 Å². The van der Waals surface area contributed by atoms with E-state index in [1.54, 1.807) is 13.0 Å². The van der Waals surface area contributed by atoms with Crippen LogP contribution in [0.3, 0.4) is 0 Å². The molecule has 2 atom stereocenters. The van der Waals surface area contributed by atoms with E-state index in [1.165, 1.54) is 25.1 Å². The van der Waals surface area contributed by atoms with E-state index in [0.29, 0.717) is 0 Å². The van der Waals surface area contributed by atoms with Gasteiger partial charge in [0, 0.05) is 5.56 Å². The monoisotopic (exact) mass is 358 g/mol. The smallest absolute Gasteiger partial charge is 0.325 e. The number of urea groups is 1. The zero-order valence-corrected chi connectivity index (χ0v) is 14.5. The summed E-state index contributed by atoms with van der Waals surface area (Å²) >= 11 is 0. The highest BCUT2D eigenvalue weighted by molar-refractivity contribution is 6.09. The molecule has 1 aromatic rings. The van der Waals surface area contributed by atoms with E-state index in [1.807, 2.05) is 0 Å². The van der Waals surface area contributed by atoms with Crippen molar-refractivity contribution >= 4 is 17.8 Å². The first-order valence-corrected chi connectivity index (χ1v) is 8.32. The summed E-state index contributed by atoms with van der Waals surface area (Å²) < 4.78 is 14.1. The molecule has 0 spiro atoms. The van der Waals surface area contributed by atoms with Gasteiger partial charge in [0.15, 0.2) is 0 Å². The molecule has 3 rings (SSSR count). The Morgan fingerprint density at radius 3 is 2.69 bits per heavy atom. The van der Waals surface area contributed by atoms with Crippen molar-refractivity contribution in [2.75, 3.05) is 6.54 Å². The molecule has 2 N–H and O–H groups in total. The van der Waals surface area contributed by atoms with E-state index < -0.39 is 41.3 Å². The summed E-state index contributed by atoms with van der Waals surface area (Å²) in [7, 11) is 0. The van der Waals surface area contributed by atoms with Crippen LogP contribution in [0, 0.1) is 23.1 Å². The van der Waals surface area contributed by atoms with Crippen molar-refractivity contribution in [2.24, 2.45) is 5.92 Å². The molecule has 0 aromatic heterocycles. The molecule has 2 unspecified atom stereocenters. The number of benzene rings is 1. The minimum Gasteiger partial charge on any atom is -0.336 e. The van der Waals surface area contributed by atoms with E-state index in [0.717, 1.165) is 17.7 Å². The zero-order chi connectivity index (χ0) is 19.1. The molecule has 4 amide bonds. The third-order valence-corrected chi connectivity index (χ3v) is 5.01. The van der Waals surface area contributed by atoms with Gasteiger partial charge in [-0.1, -0.05) is 18.2 Å². The highest BCUT2D eigenvalue weighted by Crippen LogP contribution is 2.39. The van der Waals surface area contributed by atoms with Crippen LogP contribution < -0.4 is 10.6 Å². The second-order valence-electron chi connectivity index (χ2n) is 7.06. The summed E-state index contributed by atoms with van der Waals surface area (Å²) in [6, 6.07) is 6.96. The molecule has 26 heavy (non-hydrogen) atoms. The van der Waals surface area contributed by atoms with Crippen LogP contribution >= 0.6 is 0 Å².